The van der Waals surface area contributed by atoms with Gasteiger partial charge in [0, 0.05) is 18.6 Å². The number of hydrogen-bond donors (Lipinski definition) is 2. The van der Waals surface area contributed by atoms with Gasteiger partial charge in [0.1, 0.15) is 11.5 Å². The highest BCUT2D eigenvalue weighted by molar-refractivity contribution is 5.63. The molecule has 0 saturated carbocycles. The lowest BCUT2D eigenvalue weighted by Gasteiger charge is -2.00. The van der Waals surface area contributed by atoms with E-state index in [1.54, 1.807) is 0 Å². The molecule has 0 amide bonds. The summed E-state index contributed by atoms with van der Waals surface area (Å²) in [5, 5.41) is 22.8. The highest BCUT2D eigenvalue weighted by atomic mass is 16.5. The molecule has 6 nitrogen and oxygen atoms in total. The largest absolute Gasteiger partial charge is 0.508 e. The molecule has 1 atom stereocenters. The van der Waals surface area contributed by atoms with Gasteiger partial charge in [0.25, 0.3) is 5.89 Å². The van der Waals surface area contributed by atoms with Gasteiger partial charge in [0.2, 0.25) is 0 Å². The van der Waals surface area contributed by atoms with Crippen LogP contribution >= 0.6 is 0 Å². The van der Waals surface area contributed by atoms with Crippen LogP contribution in [0.2, 0.25) is 0 Å². The van der Waals surface area contributed by atoms with Gasteiger partial charge in [-0.2, -0.15) is 4.98 Å². The fraction of sp³-hybridized carbons (Fsp3) is 0.333. The Balaban J connectivity index is 1.92. The molecule has 6 heteroatoms. The highest BCUT2D eigenvalue weighted by Gasteiger charge is 2.24. The van der Waals surface area contributed by atoms with Crippen molar-refractivity contribution in [3.63, 3.8) is 0 Å². The lowest BCUT2D eigenvalue weighted by atomic mass is 10.1. The molecule has 1 fully saturated rings. The van der Waals surface area contributed by atoms with Crippen LogP contribution in [-0.4, -0.2) is 33.6 Å². The zero-order chi connectivity index (χ0) is 12.5. The molecule has 3 rings (SSSR count). The molecule has 1 aromatic heterocycles. The molecule has 1 aliphatic heterocycles. The van der Waals surface area contributed by atoms with Crippen molar-refractivity contribution in [1.29, 1.82) is 0 Å². The maximum absolute atomic E-state index is 9.71. The van der Waals surface area contributed by atoms with Crippen molar-refractivity contribution < 1.29 is 19.5 Å². The van der Waals surface area contributed by atoms with E-state index in [4.69, 9.17) is 9.26 Å². The molecule has 2 heterocycles. The quantitative estimate of drug-likeness (QED) is 0.840. The number of phenols is 2. The van der Waals surface area contributed by atoms with Crippen molar-refractivity contribution in [2.75, 3.05) is 13.2 Å². The fourth-order valence-corrected chi connectivity index (χ4v) is 1.95. The number of ether oxygens (including phenoxy) is 1. The fourth-order valence-electron chi connectivity index (χ4n) is 1.95. The first-order chi connectivity index (χ1) is 8.74. The molecular weight excluding hydrogens is 236 g/mol. The van der Waals surface area contributed by atoms with E-state index in [2.05, 4.69) is 10.1 Å². The summed E-state index contributed by atoms with van der Waals surface area (Å²) < 4.78 is 10.4. The second-order valence-electron chi connectivity index (χ2n) is 4.22. The average molecular weight is 248 g/mol. The summed E-state index contributed by atoms with van der Waals surface area (Å²) in [4.78, 5) is 4.25. The second-order valence-corrected chi connectivity index (χ2v) is 4.22. The third-order valence-electron chi connectivity index (χ3n) is 2.95. The minimum absolute atomic E-state index is 0.0137. The lowest BCUT2D eigenvalue weighted by molar-refractivity contribution is 0.192. The Morgan fingerprint density at radius 1 is 1.28 bits per heavy atom. The van der Waals surface area contributed by atoms with Crippen molar-refractivity contribution in [2.24, 2.45) is 0 Å². The Hall–Kier alpha value is -2.08. The zero-order valence-corrected chi connectivity index (χ0v) is 9.54. The molecular formula is C12H12N2O4. The summed E-state index contributed by atoms with van der Waals surface area (Å²) in [6, 6.07) is 4.22. The molecule has 0 aliphatic carbocycles. The maximum Gasteiger partial charge on any atom is 0.261 e. The van der Waals surface area contributed by atoms with E-state index >= 15 is 0 Å². The van der Waals surface area contributed by atoms with E-state index in [-0.39, 0.29) is 23.3 Å². The van der Waals surface area contributed by atoms with Crippen LogP contribution in [0.25, 0.3) is 11.5 Å². The molecule has 1 aliphatic rings. The summed E-state index contributed by atoms with van der Waals surface area (Å²) in [7, 11) is 0. The number of aromatic nitrogens is 2. The van der Waals surface area contributed by atoms with Crippen LogP contribution in [0.3, 0.4) is 0 Å². The van der Waals surface area contributed by atoms with Gasteiger partial charge in [-0.05, 0) is 18.6 Å². The van der Waals surface area contributed by atoms with Crippen LogP contribution in [-0.2, 0) is 4.74 Å². The average Bonchev–Trinajstić information content (AvgIpc) is 2.99. The van der Waals surface area contributed by atoms with Gasteiger partial charge in [-0.1, -0.05) is 5.16 Å². The van der Waals surface area contributed by atoms with Crippen molar-refractivity contribution in [1.82, 2.24) is 10.1 Å². The molecule has 0 spiro atoms. The number of aromatic hydroxyl groups is 2. The minimum Gasteiger partial charge on any atom is -0.508 e. The second kappa shape index (κ2) is 4.30. The Morgan fingerprint density at radius 3 is 2.89 bits per heavy atom. The molecule has 18 heavy (non-hydrogen) atoms. The van der Waals surface area contributed by atoms with E-state index in [1.165, 1.54) is 18.2 Å². The Labute approximate surface area is 103 Å². The highest BCUT2D eigenvalue weighted by Crippen LogP contribution is 2.32. The van der Waals surface area contributed by atoms with Gasteiger partial charge < -0.3 is 19.5 Å². The van der Waals surface area contributed by atoms with Crippen LogP contribution in [0.5, 0.6) is 11.5 Å². The molecule has 1 aromatic carbocycles. The zero-order valence-electron chi connectivity index (χ0n) is 9.54. The number of rotatable bonds is 2. The molecule has 1 unspecified atom stereocenters. The number of benzene rings is 1. The standard InChI is InChI=1S/C12H12N2O4/c15-8-1-2-9(10(16)5-8)12-13-11(14-18-12)7-3-4-17-6-7/h1-2,5,7,15-16H,3-4,6H2. The van der Waals surface area contributed by atoms with E-state index in [0.29, 0.717) is 24.6 Å². The van der Waals surface area contributed by atoms with Gasteiger partial charge in [0.15, 0.2) is 5.82 Å². The normalized spacial score (nSPS) is 19.2. The lowest BCUT2D eigenvalue weighted by Crippen LogP contribution is -1.99. The van der Waals surface area contributed by atoms with E-state index in [9.17, 15) is 10.2 Å². The van der Waals surface area contributed by atoms with Crippen molar-refractivity contribution in [2.45, 2.75) is 12.3 Å². The van der Waals surface area contributed by atoms with Crippen molar-refractivity contribution in [3.05, 3.63) is 24.0 Å². The van der Waals surface area contributed by atoms with Gasteiger partial charge in [-0.25, -0.2) is 0 Å². The van der Waals surface area contributed by atoms with Crippen LogP contribution < -0.4 is 0 Å². The number of nitrogens with zero attached hydrogens (tertiary/aromatic N) is 2. The van der Waals surface area contributed by atoms with E-state index in [1.807, 2.05) is 0 Å². The summed E-state index contributed by atoms with van der Waals surface area (Å²) in [5.41, 5.74) is 0.408. The first-order valence-corrected chi connectivity index (χ1v) is 5.68. The van der Waals surface area contributed by atoms with E-state index < -0.39 is 0 Å². The maximum atomic E-state index is 9.71. The van der Waals surface area contributed by atoms with Crippen LogP contribution in [0.1, 0.15) is 18.2 Å². The summed E-state index contributed by atoms with van der Waals surface area (Å²) in [6.45, 7) is 1.31. The van der Waals surface area contributed by atoms with Crippen molar-refractivity contribution in [3.8, 4) is 23.0 Å². The van der Waals surface area contributed by atoms with E-state index in [0.717, 1.165) is 6.42 Å². The third-order valence-corrected chi connectivity index (χ3v) is 2.95. The smallest absolute Gasteiger partial charge is 0.261 e. The number of phenolic OH excluding ortho intramolecular Hbond substituents is 2. The number of hydrogen-bond acceptors (Lipinski definition) is 6. The van der Waals surface area contributed by atoms with Crippen molar-refractivity contribution >= 4 is 0 Å². The minimum atomic E-state index is -0.0899. The molecule has 1 saturated heterocycles. The molecule has 0 radical (unpaired) electrons. The van der Waals surface area contributed by atoms with Gasteiger partial charge in [0.05, 0.1) is 12.2 Å². The Kier molecular flexibility index (Phi) is 2.64. The van der Waals surface area contributed by atoms with Gasteiger partial charge in [-0.15, -0.1) is 0 Å². The molecule has 94 valence electrons. The predicted molar refractivity (Wildman–Crippen MR) is 61.2 cm³/mol. The predicted octanol–water partition coefficient (Wildman–Crippen LogP) is 1.65. The summed E-state index contributed by atoms with van der Waals surface area (Å²) in [6.07, 6.45) is 0.876. The topological polar surface area (TPSA) is 88.6 Å². The van der Waals surface area contributed by atoms with Gasteiger partial charge >= 0.3 is 0 Å². The SMILES string of the molecule is Oc1ccc(-c2nc(C3CCOC3)no2)c(O)c1. The van der Waals surface area contributed by atoms with Crippen LogP contribution in [0.15, 0.2) is 22.7 Å². The molecule has 0 bridgehead atoms. The molecule has 2 N–H and O–H groups in total. The summed E-state index contributed by atoms with van der Waals surface area (Å²) >= 11 is 0. The third kappa shape index (κ3) is 1.91. The first kappa shape index (κ1) is 11.0. The van der Waals surface area contributed by atoms with Crippen LogP contribution in [0, 0.1) is 0 Å². The summed E-state index contributed by atoms with van der Waals surface area (Å²) in [5.74, 6) is 0.888. The Morgan fingerprint density at radius 2 is 2.17 bits per heavy atom. The monoisotopic (exact) mass is 248 g/mol. The first-order valence-electron chi connectivity index (χ1n) is 5.68. The molecule has 2 aromatic rings. The van der Waals surface area contributed by atoms with Crippen LogP contribution in [0.4, 0.5) is 0 Å². The Bertz CT molecular complexity index is 561. The van der Waals surface area contributed by atoms with Gasteiger partial charge in [-0.3, -0.25) is 0 Å².